The summed E-state index contributed by atoms with van der Waals surface area (Å²) in [5.41, 5.74) is -0.738. The minimum absolute atomic E-state index is 0.250. The van der Waals surface area contributed by atoms with Crippen LogP contribution in [0.3, 0.4) is 0 Å². The standard InChI is InChI=1S/C15H31NO3/c1-5-7-8-9-10-11-12-18-13-15(3,16-4)14(17)19-6-2/h16H,5-13H2,1-4H3. The number of likely N-dealkylation sites (N-methyl/N-ethyl adjacent to an activating group) is 1. The monoisotopic (exact) mass is 273 g/mol. The largest absolute Gasteiger partial charge is 0.465 e. The number of carbonyl (C=O) groups excluding carboxylic acids is 1. The van der Waals surface area contributed by atoms with E-state index >= 15 is 0 Å². The highest BCUT2D eigenvalue weighted by atomic mass is 16.5. The summed E-state index contributed by atoms with van der Waals surface area (Å²) in [4.78, 5) is 11.8. The minimum atomic E-state index is -0.738. The zero-order valence-corrected chi connectivity index (χ0v) is 13.1. The molecule has 4 heteroatoms. The average molecular weight is 273 g/mol. The average Bonchev–Trinajstić information content (AvgIpc) is 2.41. The first-order valence-corrected chi connectivity index (χ1v) is 7.54. The van der Waals surface area contributed by atoms with Crippen LogP contribution in [0.25, 0.3) is 0 Å². The molecule has 0 aromatic heterocycles. The number of ether oxygens (including phenoxy) is 2. The van der Waals surface area contributed by atoms with E-state index in [-0.39, 0.29) is 5.97 Å². The van der Waals surface area contributed by atoms with Gasteiger partial charge < -0.3 is 14.8 Å². The van der Waals surface area contributed by atoms with Crippen molar-refractivity contribution >= 4 is 5.97 Å². The van der Waals surface area contributed by atoms with Gasteiger partial charge in [-0.25, -0.2) is 4.79 Å². The molecule has 0 radical (unpaired) electrons. The molecule has 0 fully saturated rings. The van der Waals surface area contributed by atoms with Crippen LogP contribution in [0, 0.1) is 0 Å². The Morgan fingerprint density at radius 2 is 1.74 bits per heavy atom. The van der Waals surface area contributed by atoms with Gasteiger partial charge in [-0.15, -0.1) is 0 Å². The molecule has 1 atom stereocenters. The van der Waals surface area contributed by atoms with E-state index < -0.39 is 5.54 Å². The smallest absolute Gasteiger partial charge is 0.328 e. The molecular weight excluding hydrogens is 242 g/mol. The molecule has 0 rings (SSSR count). The van der Waals surface area contributed by atoms with Crippen molar-refractivity contribution in [3.05, 3.63) is 0 Å². The second kappa shape index (κ2) is 11.2. The maximum Gasteiger partial charge on any atom is 0.328 e. The Morgan fingerprint density at radius 3 is 2.32 bits per heavy atom. The predicted molar refractivity (Wildman–Crippen MR) is 78.3 cm³/mol. The molecule has 1 N–H and O–H groups in total. The van der Waals surface area contributed by atoms with Gasteiger partial charge >= 0.3 is 5.97 Å². The number of unbranched alkanes of at least 4 members (excludes halogenated alkanes) is 5. The molecule has 114 valence electrons. The van der Waals surface area contributed by atoms with Crippen molar-refractivity contribution in [1.82, 2.24) is 5.32 Å². The highest BCUT2D eigenvalue weighted by molar-refractivity contribution is 5.80. The van der Waals surface area contributed by atoms with Crippen LogP contribution >= 0.6 is 0 Å². The highest BCUT2D eigenvalue weighted by Crippen LogP contribution is 2.09. The van der Waals surface area contributed by atoms with E-state index in [2.05, 4.69) is 12.2 Å². The van der Waals surface area contributed by atoms with E-state index in [9.17, 15) is 4.79 Å². The van der Waals surface area contributed by atoms with Gasteiger partial charge in [-0.05, 0) is 27.3 Å². The zero-order valence-electron chi connectivity index (χ0n) is 13.1. The van der Waals surface area contributed by atoms with Crippen molar-refractivity contribution in [2.75, 3.05) is 26.9 Å². The van der Waals surface area contributed by atoms with Gasteiger partial charge in [-0.1, -0.05) is 39.0 Å². The lowest BCUT2D eigenvalue weighted by molar-refractivity contribution is -0.153. The Morgan fingerprint density at radius 1 is 1.11 bits per heavy atom. The summed E-state index contributed by atoms with van der Waals surface area (Å²) in [6.45, 7) is 7.31. The van der Waals surface area contributed by atoms with Crippen LogP contribution in [-0.4, -0.2) is 38.4 Å². The quantitative estimate of drug-likeness (QED) is 0.439. The predicted octanol–water partition coefficient (Wildman–Crippen LogP) is 2.90. The molecule has 0 aliphatic carbocycles. The molecule has 0 saturated carbocycles. The summed E-state index contributed by atoms with van der Waals surface area (Å²) in [5, 5.41) is 2.98. The van der Waals surface area contributed by atoms with Crippen LogP contribution in [0.1, 0.15) is 59.3 Å². The van der Waals surface area contributed by atoms with E-state index in [1.165, 1.54) is 32.1 Å². The third-order valence-electron chi connectivity index (χ3n) is 3.31. The van der Waals surface area contributed by atoms with Crippen molar-refractivity contribution in [2.45, 2.75) is 64.8 Å². The van der Waals surface area contributed by atoms with Crippen molar-refractivity contribution < 1.29 is 14.3 Å². The van der Waals surface area contributed by atoms with Gasteiger partial charge in [0.25, 0.3) is 0 Å². The molecule has 0 aromatic rings. The van der Waals surface area contributed by atoms with Crippen LogP contribution in [-0.2, 0) is 14.3 Å². The summed E-state index contributed by atoms with van der Waals surface area (Å²) in [6.07, 6.45) is 7.45. The summed E-state index contributed by atoms with van der Waals surface area (Å²) < 4.78 is 10.6. The number of rotatable bonds is 12. The van der Waals surface area contributed by atoms with E-state index in [0.29, 0.717) is 19.8 Å². The second-order valence-electron chi connectivity index (χ2n) is 5.12. The van der Waals surface area contributed by atoms with Crippen molar-refractivity contribution in [3.63, 3.8) is 0 Å². The fraction of sp³-hybridized carbons (Fsp3) is 0.933. The van der Waals surface area contributed by atoms with Crippen LogP contribution in [0.15, 0.2) is 0 Å². The number of hydrogen-bond donors (Lipinski definition) is 1. The fourth-order valence-electron chi connectivity index (χ4n) is 1.78. The molecule has 0 saturated heterocycles. The van der Waals surface area contributed by atoms with Crippen molar-refractivity contribution in [1.29, 1.82) is 0 Å². The van der Waals surface area contributed by atoms with Crippen molar-refractivity contribution in [2.24, 2.45) is 0 Å². The fourth-order valence-corrected chi connectivity index (χ4v) is 1.78. The maximum absolute atomic E-state index is 11.8. The first-order valence-electron chi connectivity index (χ1n) is 7.54. The number of carbonyl (C=O) groups is 1. The Bertz CT molecular complexity index is 233. The lowest BCUT2D eigenvalue weighted by Gasteiger charge is -2.26. The van der Waals surface area contributed by atoms with E-state index in [1.807, 2.05) is 13.8 Å². The van der Waals surface area contributed by atoms with Crippen molar-refractivity contribution in [3.8, 4) is 0 Å². The summed E-state index contributed by atoms with van der Waals surface area (Å²) in [6, 6.07) is 0. The molecule has 0 bridgehead atoms. The molecule has 4 nitrogen and oxygen atoms in total. The van der Waals surface area contributed by atoms with E-state index in [4.69, 9.17) is 9.47 Å². The molecule has 1 unspecified atom stereocenters. The van der Waals surface area contributed by atoms with Gasteiger partial charge in [0.15, 0.2) is 0 Å². The van der Waals surface area contributed by atoms with Gasteiger partial charge in [-0.2, -0.15) is 0 Å². The number of nitrogens with one attached hydrogen (secondary N) is 1. The minimum Gasteiger partial charge on any atom is -0.465 e. The Hall–Kier alpha value is -0.610. The van der Waals surface area contributed by atoms with Crippen LogP contribution in [0.5, 0.6) is 0 Å². The molecule has 19 heavy (non-hydrogen) atoms. The molecule has 0 aliphatic rings. The Kier molecular flexibility index (Phi) is 10.9. The third-order valence-corrected chi connectivity index (χ3v) is 3.31. The molecule has 0 amide bonds. The third kappa shape index (κ3) is 8.22. The van der Waals surface area contributed by atoms with Crippen LogP contribution in [0.4, 0.5) is 0 Å². The summed E-state index contributed by atoms with van der Waals surface area (Å²) in [5.74, 6) is -0.250. The van der Waals surface area contributed by atoms with Gasteiger partial charge in [-0.3, -0.25) is 0 Å². The maximum atomic E-state index is 11.8. The molecular formula is C15H31NO3. The van der Waals surface area contributed by atoms with Gasteiger partial charge in [0.05, 0.1) is 13.2 Å². The lowest BCUT2D eigenvalue weighted by Crippen LogP contribution is -2.52. The molecule has 0 aromatic carbocycles. The molecule has 0 aliphatic heterocycles. The van der Waals surface area contributed by atoms with E-state index in [0.717, 1.165) is 6.42 Å². The normalized spacial score (nSPS) is 14.1. The second-order valence-corrected chi connectivity index (χ2v) is 5.12. The van der Waals surface area contributed by atoms with Crippen LogP contribution < -0.4 is 5.32 Å². The highest BCUT2D eigenvalue weighted by Gasteiger charge is 2.33. The SMILES string of the molecule is CCCCCCCCOCC(C)(NC)C(=O)OCC. The Labute approximate surface area is 118 Å². The first-order chi connectivity index (χ1) is 9.10. The van der Waals surface area contributed by atoms with Crippen LogP contribution in [0.2, 0.25) is 0 Å². The number of esters is 1. The first kappa shape index (κ1) is 18.4. The molecule has 0 spiro atoms. The van der Waals surface area contributed by atoms with E-state index in [1.54, 1.807) is 7.05 Å². The topological polar surface area (TPSA) is 47.6 Å². The zero-order chi connectivity index (χ0) is 14.6. The molecule has 0 heterocycles. The van der Waals surface area contributed by atoms with Gasteiger partial charge in [0.1, 0.15) is 5.54 Å². The number of hydrogen-bond acceptors (Lipinski definition) is 4. The van der Waals surface area contributed by atoms with Gasteiger partial charge in [0.2, 0.25) is 0 Å². The summed E-state index contributed by atoms with van der Waals surface area (Å²) >= 11 is 0. The lowest BCUT2D eigenvalue weighted by atomic mass is 10.1. The van der Waals surface area contributed by atoms with Gasteiger partial charge in [0, 0.05) is 6.61 Å². The Balaban J connectivity index is 3.69. The summed E-state index contributed by atoms with van der Waals surface area (Å²) in [7, 11) is 1.75.